The maximum atomic E-state index is 13.1. The molecule has 3 heteroatoms. The Kier molecular flexibility index (Phi) is 3.51. The van der Waals surface area contributed by atoms with Crippen molar-refractivity contribution in [2.24, 2.45) is 0 Å². The molecular weight excluding hydrogens is 334 g/mol. The van der Waals surface area contributed by atoms with E-state index in [1.807, 2.05) is 60.5 Å². The van der Waals surface area contributed by atoms with Crippen LogP contribution < -0.4 is 0 Å². The van der Waals surface area contributed by atoms with E-state index in [0.29, 0.717) is 11.1 Å². The molecule has 0 fully saturated rings. The first kappa shape index (κ1) is 16.0. The Hall–Kier alpha value is -3.20. The summed E-state index contributed by atoms with van der Waals surface area (Å²) in [4.78, 5) is 27.7. The molecule has 3 nitrogen and oxygen atoms in total. The van der Waals surface area contributed by atoms with Crippen molar-refractivity contribution in [1.82, 2.24) is 4.90 Å². The zero-order valence-corrected chi connectivity index (χ0v) is 15.1. The van der Waals surface area contributed by atoms with Crippen LogP contribution in [0.1, 0.15) is 49.9 Å². The van der Waals surface area contributed by atoms with Gasteiger partial charge in [-0.1, -0.05) is 54.6 Å². The first-order chi connectivity index (χ1) is 13.1. The lowest BCUT2D eigenvalue weighted by molar-refractivity contribution is 0.0730. The Labute approximate surface area is 158 Å². The zero-order chi connectivity index (χ0) is 18.5. The van der Waals surface area contributed by atoms with Crippen LogP contribution in [0.4, 0.5) is 0 Å². The SMILES string of the molecule is CN(C(=O)c1ccc2c(c1)C(=O)c1ccccc1-2)C1CCc2ccccc21. The van der Waals surface area contributed by atoms with Crippen LogP contribution in [0, 0.1) is 0 Å². The summed E-state index contributed by atoms with van der Waals surface area (Å²) in [6.45, 7) is 0. The molecule has 1 amide bonds. The van der Waals surface area contributed by atoms with Gasteiger partial charge < -0.3 is 4.90 Å². The van der Waals surface area contributed by atoms with Gasteiger partial charge in [-0.3, -0.25) is 9.59 Å². The predicted octanol–water partition coefficient (Wildman–Crippen LogP) is 4.66. The maximum absolute atomic E-state index is 13.1. The van der Waals surface area contributed by atoms with Gasteiger partial charge in [0.2, 0.25) is 0 Å². The molecule has 1 unspecified atom stereocenters. The van der Waals surface area contributed by atoms with E-state index in [0.717, 1.165) is 29.5 Å². The predicted molar refractivity (Wildman–Crippen MR) is 105 cm³/mol. The summed E-state index contributed by atoms with van der Waals surface area (Å²) in [7, 11) is 1.86. The average molecular weight is 353 g/mol. The van der Waals surface area contributed by atoms with Gasteiger partial charge in [0, 0.05) is 23.7 Å². The van der Waals surface area contributed by atoms with Gasteiger partial charge in [-0.15, -0.1) is 0 Å². The van der Waals surface area contributed by atoms with E-state index >= 15 is 0 Å². The number of hydrogen-bond acceptors (Lipinski definition) is 2. The van der Waals surface area contributed by atoms with Crippen molar-refractivity contribution < 1.29 is 9.59 Å². The van der Waals surface area contributed by atoms with Gasteiger partial charge in [-0.2, -0.15) is 0 Å². The molecule has 2 aliphatic carbocycles. The lowest BCUT2D eigenvalue weighted by atomic mass is 10.0. The summed E-state index contributed by atoms with van der Waals surface area (Å²) in [5.74, 6) is -0.0348. The smallest absolute Gasteiger partial charge is 0.254 e. The molecule has 0 radical (unpaired) electrons. The number of benzene rings is 3. The van der Waals surface area contributed by atoms with Crippen molar-refractivity contribution >= 4 is 11.7 Å². The highest BCUT2D eigenvalue weighted by Crippen LogP contribution is 2.38. The summed E-state index contributed by atoms with van der Waals surface area (Å²) in [6.07, 6.45) is 1.94. The normalized spacial score (nSPS) is 16.6. The number of carbonyl (C=O) groups is 2. The molecule has 5 rings (SSSR count). The average Bonchev–Trinajstić information content (AvgIpc) is 3.27. The second kappa shape index (κ2) is 5.92. The summed E-state index contributed by atoms with van der Waals surface area (Å²) < 4.78 is 0. The van der Waals surface area contributed by atoms with Gasteiger partial charge in [0.1, 0.15) is 0 Å². The van der Waals surface area contributed by atoms with Crippen molar-refractivity contribution in [3.63, 3.8) is 0 Å². The summed E-state index contributed by atoms with van der Waals surface area (Å²) in [5.41, 5.74) is 6.34. The molecule has 0 saturated carbocycles. The van der Waals surface area contributed by atoms with Crippen LogP contribution in [0.3, 0.4) is 0 Å². The minimum absolute atomic E-state index is 0.00381. The molecule has 1 atom stereocenters. The van der Waals surface area contributed by atoms with Crippen molar-refractivity contribution in [3.05, 3.63) is 94.5 Å². The Balaban J connectivity index is 1.48. The fraction of sp³-hybridized carbons (Fsp3) is 0.167. The van der Waals surface area contributed by atoms with Crippen LogP contribution in [-0.2, 0) is 6.42 Å². The largest absolute Gasteiger partial charge is 0.335 e. The molecule has 0 aromatic heterocycles. The lowest BCUT2D eigenvalue weighted by Crippen LogP contribution is -2.30. The number of amides is 1. The van der Waals surface area contributed by atoms with E-state index < -0.39 is 0 Å². The molecule has 2 aliphatic rings. The number of aryl methyl sites for hydroxylation is 1. The van der Waals surface area contributed by atoms with E-state index in [1.54, 1.807) is 6.07 Å². The molecule has 0 N–H and O–H groups in total. The highest BCUT2D eigenvalue weighted by atomic mass is 16.2. The van der Waals surface area contributed by atoms with E-state index in [4.69, 9.17) is 0 Å². The van der Waals surface area contributed by atoms with E-state index in [2.05, 4.69) is 12.1 Å². The molecule has 0 heterocycles. The van der Waals surface area contributed by atoms with Crippen LogP contribution in [0.2, 0.25) is 0 Å². The van der Waals surface area contributed by atoms with Crippen molar-refractivity contribution in [2.75, 3.05) is 7.05 Å². The fourth-order valence-corrected chi connectivity index (χ4v) is 4.44. The van der Waals surface area contributed by atoms with Crippen LogP contribution in [-0.4, -0.2) is 23.6 Å². The molecular formula is C24H19NO2. The van der Waals surface area contributed by atoms with E-state index in [1.165, 1.54) is 11.1 Å². The minimum atomic E-state index is -0.0386. The van der Waals surface area contributed by atoms with Crippen LogP contribution in [0.25, 0.3) is 11.1 Å². The Morgan fingerprint density at radius 2 is 1.59 bits per heavy atom. The van der Waals surface area contributed by atoms with Gasteiger partial charge in [-0.25, -0.2) is 0 Å². The second-order valence-electron chi connectivity index (χ2n) is 7.30. The first-order valence-electron chi connectivity index (χ1n) is 9.28. The lowest BCUT2D eigenvalue weighted by Gasteiger charge is -2.25. The first-order valence-corrected chi connectivity index (χ1v) is 9.28. The molecule has 3 aromatic carbocycles. The zero-order valence-electron chi connectivity index (χ0n) is 15.1. The van der Waals surface area contributed by atoms with Crippen LogP contribution in [0.15, 0.2) is 66.7 Å². The van der Waals surface area contributed by atoms with Crippen molar-refractivity contribution in [3.8, 4) is 11.1 Å². The molecule has 3 aromatic rings. The third-order valence-electron chi connectivity index (χ3n) is 5.86. The van der Waals surface area contributed by atoms with Gasteiger partial charge in [-0.05, 0) is 47.2 Å². The van der Waals surface area contributed by atoms with Gasteiger partial charge in [0.25, 0.3) is 5.91 Å². The number of rotatable bonds is 2. The van der Waals surface area contributed by atoms with Gasteiger partial charge in [0.05, 0.1) is 6.04 Å². The Morgan fingerprint density at radius 3 is 2.44 bits per heavy atom. The van der Waals surface area contributed by atoms with Crippen molar-refractivity contribution in [1.29, 1.82) is 0 Å². The fourth-order valence-electron chi connectivity index (χ4n) is 4.44. The number of hydrogen-bond donors (Lipinski definition) is 0. The quantitative estimate of drug-likeness (QED) is 0.526. The van der Waals surface area contributed by atoms with E-state index in [-0.39, 0.29) is 17.7 Å². The number of ketones is 1. The number of fused-ring (bicyclic) bond motifs is 4. The number of nitrogens with zero attached hydrogens (tertiary/aromatic N) is 1. The van der Waals surface area contributed by atoms with Crippen molar-refractivity contribution in [2.45, 2.75) is 18.9 Å². The standard InChI is InChI=1S/C24H19NO2/c1-25(22-13-11-15-6-2-3-7-17(15)22)24(27)16-10-12-19-18-8-4-5-9-20(18)23(26)21(19)14-16/h2-10,12,14,22H,11,13H2,1H3. The topological polar surface area (TPSA) is 37.4 Å². The third-order valence-corrected chi connectivity index (χ3v) is 5.86. The summed E-state index contributed by atoms with van der Waals surface area (Å²) in [5, 5.41) is 0. The molecule has 27 heavy (non-hydrogen) atoms. The summed E-state index contributed by atoms with van der Waals surface area (Å²) in [6, 6.07) is 21.5. The highest BCUT2D eigenvalue weighted by molar-refractivity contribution is 6.22. The van der Waals surface area contributed by atoms with E-state index in [9.17, 15) is 9.59 Å². The molecule has 0 aliphatic heterocycles. The summed E-state index contributed by atoms with van der Waals surface area (Å²) >= 11 is 0. The number of carbonyl (C=O) groups excluding carboxylic acids is 2. The minimum Gasteiger partial charge on any atom is -0.335 e. The molecule has 132 valence electrons. The third kappa shape index (κ3) is 2.35. The molecule has 0 bridgehead atoms. The highest BCUT2D eigenvalue weighted by Gasteiger charge is 2.31. The Morgan fingerprint density at radius 1 is 0.889 bits per heavy atom. The van der Waals surface area contributed by atoms with Crippen LogP contribution >= 0.6 is 0 Å². The van der Waals surface area contributed by atoms with Gasteiger partial charge in [0.15, 0.2) is 5.78 Å². The van der Waals surface area contributed by atoms with Gasteiger partial charge >= 0.3 is 0 Å². The maximum Gasteiger partial charge on any atom is 0.254 e. The molecule has 0 spiro atoms. The monoisotopic (exact) mass is 353 g/mol. The second-order valence-corrected chi connectivity index (χ2v) is 7.30. The molecule has 0 saturated heterocycles. The van der Waals surface area contributed by atoms with Crippen LogP contribution in [0.5, 0.6) is 0 Å². The Bertz CT molecular complexity index is 1100.